The van der Waals surface area contributed by atoms with Crippen LogP contribution < -0.4 is 5.73 Å². The summed E-state index contributed by atoms with van der Waals surface area (Å²) in [6.45, 7) is 0.533. The number of halogens is 1. The third kappa shape index (κ3) is 2.17. The molecule has 0 fully saturated rings. The largest absolute Gasteiger partial charge is 0.342 e. The van der Waals surface area contributed by atoms with Crippen molar-refractivity contribution in [2.75, 3.05) is 0 Å². The van der Waals surface area contributed by atoms with Crippen LogP contribution in [0.15, 0.2) is 47.1 Å². The molecule has 0 atom stereocenters. The summed E-state index contributed by atoms with van der Waals surface area (Å²) in [6.07, 6.45) is 1.81. The van der Waals surface area contributed by atoms with Gasteiger partial charge in [-0.3, -0.25) is 4.98 Å². The fourth-order valence-corrected chi connectivity index (χ4v) is 2.64. The van der Waals surface area contributed by atoms with Gasteiger partial charge in [-0.2, -0.15) is 0 Å². The standard InChI is InChI=1S/C15H14BrN3/c1-19-14-8-12(16)3-2-11(14)7-15(19)13-6-10(9-17)4-5-18-13/h2-8H,9,17H2,1H3. The number of pyridine rings is 1. The van der Waals surface area contributed by atoms with E-state index in [1.807, 2.05) is 18.3 Å². The Morgan fingerprint density at radius 3 is 2.84 bits per heavy atom. The number of benzene rings is 1. The Morgan fingerprint density at radius 2 is 2.05 bits per heavy atom. The van der Waals surface area contributed by atoms with E-state index in [1.165, 1.54) is 10.9 Å². The number of fused-ring (bicyclic) bond motifs is 1. The molecule has 4 heteroatoms. The molecule has 0 spiro atoms. The Kier molecular flexibility index (Phi) is 3.12. The zero-order valence-corrected chi connectivity index (χ0v) is 12.2. The van der Waals surface area contributed by atoms with Crippen LogP contribution in [0, 0.1) is 0 Å². The fourth-order valence-electron chi connectivity index (χ4n) is 2.29. The second-order valence-electron chi connectivity index (χ2n) is 4.55. The second kappa shape index (κ2) is 4.79. The van der Waals surface area contributed by atoms with Gasteiger partial charge < -0.3 is 10.3 Å². The van der Waals surface area contributed by atoms with Gasteiger partial charge in [-0.25, -0.2) is 0 Å². The first kappa shape index (κ1) is 12.4. The SMILES string of the molecule is Cn1c(-c2cc(CN)ccn2)cc2ccc(Br)cc21. The molecule has 0 saturated carbocycles. The van der Waals surface area contributed by atoms with Crippen LogP contribution in [0.4, 0.5) is 0 Å². The number of aryl methyl sites for hydroxylation is 1. The topological polar surface area (TPSA) is 43.8 Å². The van der Waals surface area contributed by atoms with Crippen LogP contribution in [-0.2, 0) is 13.6 Å². The summed E-state index contributed by atoms with van der Waals surface area (Å²) in [6, 6.07) is 12.4. The molecular formula is C15H14BrN3. The predicted molar refractivity (Wildman–Crippen MR) is 81.7 cm³/mol. The van der Waals surface area contributed by atoms with Crippen LogP contribution in [-0.4, -0.2) is 9.55 Å². The molecule has 0 radical (unpaired) electrons. The van der Waals surface area contributed by atoms with Gasteiger partial charge in [0.25, 0.3) is 0 Å². The van der Waals surface area contributed by atoms with Crippen LogP contribution in [0.25, 0.3) is 22.3 Å². The zero-order chi connectivity index (χ0) is 13.4. The molecule has 3 aromatic rings. The Bertz CT molecular complexity index is 746. The van der Waals surface area contributed by atoms with Gasteiger partial charge in [0.15, 0.2) is 0 Å². The zero-order valence-electron chi connectivity index (χ0n) is 10.6. The first-order chi connectivity index (χ1) is 9.19. The van der Waals surface area contributed by atoms with Crippen molar-refractivity contribution >= 4 is 26.8 Å². The maximum Gasteiger partial charge on any atom is 0.0869 e. The molecule has 3 rings (SSSR count). The smallest absolute Gasteiger partial charge is 0.0869 e. The van der Waals surface area contributed by atoms with Gasteiger partial charge in [-0.1, -0.05) is 22.0 Å². The Balaban J connectivity index is 2.21. The van der Waals surface area contributed by atoms with Crippen molar-refractivity contribution in [1.29, 1.82) is 0 Å². The van der Waals surface area contributed by atoms with Gasteiger partial charge in [-0.05, 0) is 35.9 Å². The van der Waals surface area contributed by atoms with Crippen molar-refractivity contribution in [3.05, 3.63) is 52.6 Å². The van der Waals surface area contributed by atoms with Crippen molar-refractivity contribution in [2.24, 2.45) is 12.8 Å². The molecule has 2 aromatic heterocycles. The van der Waals surface area contributed by atoms with E-state index in [4.69, 9.17) is 5.73 Å². The second-order valence-corrected chi connectivity index (χ2v) is 5.46. The average Bonchev–Trinajstić information content (AvgIpc) is 2.76. The third-order valence-electron chi connectivity index (χ3n) is 3.33. The van der Waals surface area contributed by atoms with Crippen molar-refractivity contribution in [1.82, 2.24) is 9.55 Å². The highest BCUT2D eigenvalue weighted by atomic mass is 79.9. The highest BCUT2D eigenvalue weighted by Gasteiger charge is 2.09. The quantitative estimate of drug-likeness (QED) is 0.787. The number of nitrogens with two attached hydrogens (primary N) is 1. The van der Waals surface area contributed by atoms with Crippen molar-refractivity contribution < 1.29 is 0 Å². The van der Waals surface area contributed by atoms with Crippen molar-refractivity contribution in [3.8, 4) is 11.4 Å². The van der Waals surface area contributed by atoms with Crippen LogP contribution in [0.3, 0.4) is 0 Å². The van der Waals surface area contributed by atoms with Crippen LogP contribution >= 0.6 is 15.9 Å². The molecule has 1 aromatic carbocycles. The lowest BCUT2D eigenvalue weighted by atomic mass is 10.2. The maximum atomic E-state index is 5.69. The molecular weight excluding hydrogens is 302 g/mol. The van der Waals surface area contributed by atoms with Crippen LogP contribution in [0.1, 0.15) is 5.56 Å². The average molecular weight is 316 g/mol. The lowest BCUT2D eigenvalue weighted by Gasteiger charge is -2.05. The summed E-state index contributed by atoms with van der Waals surface area (Å²) >= 11 is 3.51. The minimum Gasteiger partial charge on any atom is -0.342 e. The summed E-state index contributed by atoms with van der Waals surface area (Å²) in [5.41, 5.74) is 10.0. The number of aromatic nitrogens is 2. The number of nitrogens with zero attached hydrogens (tertiary/aromatic N) is 2. The predicted octanol–water partition coefficient (Wildman–Crippen LogP) is 3.46. The monoisotopic (exact) mass is 315 g/mol. The minimum absolute atomic E-state index is 0.533. The lowest BCUT2D eigenvalue weighted by Crippen LogP contribution is -1.98. The summed E-state index contributed by atoms with van der Waals surface area (Å²) in [5.74, 6) is 0. The van der Waals surface area contributed by atoms with E-state index in [9.17, 15) is 0 Å². The van der Waals surface area contributed by atoms with E-state index in [0.717, 1.165) is 21.4 Å². The van der Waals surface area contributed by atoms with Crippen molar-refractivity contribution in [3.63, 3.8) is 0 Å². The van der Waals surface area contributed by atoms with E-state index in [1.54, 1.807) is 0 Å². The van der Waals surface area contributed by atoms with E-state index in [-0.39, 0.29) is 0 Å². The molecule has 2 heterocycles. The third-order valence-corrected chi connectivity index (χ3v) is 3.82. The summed E-state index contributed by atoms with van der Waals surface area (Å²) in [5, 5.41) is 1.21. The molecule has 0 aliphatic carbocycles. The Labute approximate surface area is 120 Å². The highest BCUT2D eigenvalue weighted by Crippen LogP contribution is 2.28. The van der Waals surface area contributed by atoms with E-state index in [2.05, 4.69) is 56.8 Å². The molecule has 2 N–H and O–H groups in total. The first-order valence-corrected chi connectivity index (χ1v) is 6.88. The lowest BCUT2D eigenvalue weighted by molar-refractivity contribution is 0.966. The molecule has 0 amide bonds. The normalized spacial score (nSPS) is 11.1. The molecule has 0 bridgehead atoms. The van der Waals surface area contributed by atoms with Crippen molar-refractivity contribution in [2.45, 2.75) is 6.54 Å². The van der Waals surface area contributed by atoms with E-state index in [0.29, 0.717) is 6.54 Å². The minimum atomic E-state index is 0.533. The number of hydrogen-bond donors (Lipinski definition) is 1. The van der Waals surface area contributed by atoms with Gasteiger partial charge in [0.05, 0.1) is 11.4 Å². The van der Waals surface area contributed by atoms with Gasteiger partial charge in [-0.15, -0.1) is 0 Å². The van der Waals surface area contributed by atoms with Gasteiger partial charge in [0, 0.05) is 35.2 Å². The van der Waals surface area contributed by atoms with E-state index < -0.39 is 0 Å². The molecule has 0 aliphatic heterocycles. The molecule has 96 valence electrons. The Morgan fingerprint density at radius 1 is 1.21 bits per heavy atom. The number of hydrogen-bond acceptors (Lipinski definition) is 2. The molecule has 19 heavy (non-hydrogen) atoms. The van der Waals surface area contributed by atoms with E-state index >= 15 is 0 Å². The number of rotatable bonds is 2. The Hall–Kier alpha value is -1.65. The molecule has 0 aliphatic rings. The van der Waals surface area contributed by atoms with Crippen LogP contribution in [0.2, 0.25) is 0 Å². The fraction of sp³-hybridized carbons (Fsp3) is 0.133. The highest BCUT2D eigenvalue weighted by molar-refractivity contribution is 9.10. The molecule has 3 nitrogen and oxygen atoms in total. The summed E-state index contributed by atoms with van der Waals surface area (Å²) < 4.78 is 3.24. The summed E-state index contributed by atoms with van der Waals surface area (Å²) in [7, 11) is 2.06. The van der Waals surface area contributed by atoms with Crippen LogP contribution in [0.5, 0.6) is 0 Å². The maximum absolute atomic E-state index is 5.69. The van der Waals surface area contributed by atoms with Gasteiger partial charge in [0.1, 0.15) is 0 Å². The van der Waals surface area contributed by atoms with Gasteiger partial charge >= 0.3 is 0 Å². The molecule has 0 unspecified atom stereocenters. The summed E-state index contributed by atoms with van der Waals surface area (Å²) in [4.78, 5) is 4.45. The first-order valence-electron chi connectivity index (χ1n) is 6.09. The van der Waals surface area contributed by atoms with Gasteiger partial charge in [0.2, 0.25) is 0 Å². The molecule has 0 saturated heterocycles.